The minimum Gasteiger partial charge on any atom is -0.468 e. The van der Waals surface area contributed by atoms with Crippen LogP contribution in [0.25, 0.3) is 0 Å². The van der Waals surface area contributed by atoms with Gasteiger partial charge in [0.1, 0.15) is 17.3 Å². The van der Waals surface area contributed by atoms with E-state index in [0.29, 0.717) is 17.9 Å². The van der Waals surface area contributed by atoms with Crippen molar-refractivity contribution in [2.24, 2.45) is 11.8 Å². The predicted octanol–water partition coefficient (Wildman–Crippen LogP) is 3.15. The molecule has 3 atom stereocenters. The lowest BCUT2D eigenvalue weighted by molar-refractivity contribution is 0.0449. The Hall–Kier alpha value is -1.56. The first-order valence-electron chi connectivity index (χ1n) is 9.27. The Labute approximate surface area is 149 Å². The summed E-state index contributed by atoms with van der Waals surface area (Å²) in [6.45, 7) is 7.85. The third-order valence-corrected chi connectivity index (χ3v) is 5.57. The number of hydrogen-bond donors (Lipinski definition) is 0. The van der Waals surface area contributed by atoms with Crippen LogP contribution in [0.5, 0.6) is 0 Å². The number of fused-ring (bicyclic) bond motifs is 1. The fourth-order valence-electron chi connectivity index (χ4n) is 4.26. The van der Waals surface area contributed by atoms with Crippen LogP contribution in [0.3, 0.4) is 0 Å². The van der Waals surface area contributed by atoms with E-state index in [1.54, 1.807) is 6.26 Å². The minimum absolute atomic E-state index is 0.311. The molecule has 4 heterocycles. The Bertz CT molecular complexity index is 666. The van der Waals surface area contributed by atoms with Crippen LogP contribution in [-0.4, -0.2) is 49.2 Å². The van der Waals surface area contributed by atoms with E-state index in [-0.39, 0.29) is 0 Å². The first-order chi connectivity index (χ1) is 12.2. The van der Waals surface area contributed by atoms with Gasteiger partial charge in [0.25, 0.3) is 0 Å². The normalized spacial score (nSPS) is 27.1. The molecular weight excluding hydrogens is 316 g/mol. The summed E-state index contributed by atoms with van der Waals surface area (Å²) in [7, 11) is 2.14. The number of hydrogen-bond acceptors (Lipinski definition) is 5. The molecule has 4 rings (SSSR count). The van der Waals surface area contributed by atoms with Gasteiger partial charge in [-0.2, -0.15) is 0 Å². The van der Waals surface area contributed by atoms with E-state index < -0.39 is 0 Å². The highest BCUT2D eigenvalue weighted by molar-refractivity contribution is 5.06. The van der Waals surface area contributed by atoms with Crippen LogP contribution in [-0.2, 0) is 17.8 Å². The topological polar surface area (TPSA) is 42.0 Å². The van der Waals surface area contributed by atoms with Gasteiger partial charge in [-0.3, -0.25) is 9.80 Å². The monoisotopic (exact) mass is 344 g/mol. The maximum Gasteiger partial charge on any atom is 0.118 e. The van der Waals surface area contributed by atoms with Crippen molar-refractivity contribution in [3.05, 3.63) is 47.8 Å². The second kappa shape index (κ2) is 7.36. The highest BCUT2D eigenvalue weighted by Crippen LogP contribution is 2.35. The highest BCUT2D eigenvalue weighted by Gasteiger charge is 2.41. The molecule has 2 aliphatic rings. The summed E-state index contributed by atoms with van der Waals surface area (Å²) in [5.41, 5.74) is 0. The first kappa shape index (κ1) is 16.9. The van der Waals surface area contributed by atoms with Gasteiger partial charge in [-0.15, -0.1) is 0 Å². The molecule has 0 unspecified atom stereocenters. The van der Waals surface area contributed by atoms with Crippen molar-refractivity contribution >= 4 is 0 Å². The molecule has 2 fully saturated rings. The number of aryl methyl sites for hydroxylation is 1. The quantitative estimate of drug-likeness (QED) is 0.805. The van der Waals surface area contributed by atoms with Crippen molar-refractivity contribution in [1.29, 1.82) is 0 Å². The molecule has 0 aliphatic carbocycles. The zero-order chi connectivity index (χ0) is 17.2. The van der Waals surface area contributed by atoms with Gasteiger partial charge in [-0.1, -0.05) is 0 Å². The van der Waals surface area contributed by atoms with Crippen LogP contribution in [0.4, 0.5) is 0 Å². The molecule has 2 aromatic heterocycles. The van der Waals surface area contributed by atoms with Crippen molar-refractivity contribution in [2.45, 2.75) is 32.5 Å². The average molecular weight is 344 g/mol. The molecule has 0 radical (unpaired) electrons. The third-order valence-electron chi connectivity index (χ3n) is 5.57. The highest BCUT2D eigenvalue weighted by atomic mass is 16.5. The summed E-state index contributed by atoms with van der Waals surface area (Å²) >= 11 is 0. The number of likely N-dealkylation sites (tertiary alicyclic amines) is 1. The number of ether oxygens (including phenoxy) is 1. The largest absolute Gasteiger partial charge is 0.468 e. The van der Waals surface area contributed by atoms with E-state index in [0.717, 1.165) is 56.6 Å². The zero-order valence-electron chi connectivity index (χ0n) is 15.2. The number of nitrogens with zero attached hydrogens (tertiary/aromatic N) is 2. The molecule has 0 amide bonds. The van der Waals surface area contributed by atoms with Gasteiger partial charge in [-0.25, -0.2) is 0 Å². The van der Waals surface area contributed by atoms with Crippen molar-refractivity contribution in [2.75, 3.05) is 33.3 Å². The Balaban J connectivity index is 1.33. The van der Waals surface area contributed by atoms with E-state index >= 15 is 0 Å². The smallest absolute Gasteiger partial charge is 0.118 e. The molecule has 2 saturated heterocycles. The predicted molar refractivity (Wildman–Crippen MR) is 95.1 cm³/mol. The Morgan fingerprint density at radius 3 is 2.92 bits per heavy atom. The fraction of sp³-hybridized carbons (Fsp3) is 0.600. The van der Waals surface area contributed by atoms with Crippen LogP contribution >= 0.6 is 0 Å². The average Bonchev–Trinajstić information content (AvgIpc) is 3.31. The summed E-state index contributed by atoms with van der Waals surface area (Å²) in [6, 6.07) is 8.12. The molecule has 0 N–H and O–H groups in total. The molecule has 25 heavy (non-hydrogen) atoms. The van der Waals surface area contributed by atoms with E-state index in [9.17, 15) is 0 Å². The van der Waals surface area contributed by atoms with Gasteiger partial charge < -0.3 is 13.6 Å². The van der Waals surface area contributed by atoms with Crippen LogP contribution in [0.15, 0.2) is 39.4 Å². The molecule has 0 bridgehead atoms. The molecule has 5 nitrogen and oxygen atoms in total. The molecule has 0 aromatic carbocycles. The number of rotatable bonds is 6. The second-order valence-electron chi connectivity index (χ2n) is 7.61. The van der Waals surface area contributed by atoms with Gasteiger partial charge in [0.2, 0.25) is 0 Å². The van der Waals surface area contributed by atoms with Gasteiger partial charge in [0, 0.05) is 19.0 Å². The standard InChI is InChI=1S/C20H28N2O3/c1-15-5-6-18(25-15)11-22-8-7-16-14-24-20(19(16)12-22)13-21(2)10-17-4-3-9-23-17/h3-6,9,16,19-20H,7-8,10-14H2,1-2H3/t16-,19-,20+/m1/s1. The zero-order valence-corrected chi connectivity index (χ0v) is 15.2. The maximum atomic E-state index is 6.17. The molecule has 0 saturated carbocycles. The molecule has 2 aliphatic heterocycles. The Morgan fingerprint density at radius 1 is 1.24 bits per heavy atom. The number of piperidine rings is 1. The molecular formula is C20H28N2O3. The Morgan fingerprint density at radius 2 is 2.16 bits per heavy atom. The molecule has 0 spiro atoms. The van der Waals surface area contributed by atoms with Gasteiger partial charge in [-0.05, 0) is 57.1 Å². The van der Waals surface area contributed by atoms with Gasteiger partial charge >= 0.3 is 0 Å². The fourth-order valence-corrected chi connectivity index (χ4v) is 4.26. The third kappa shape index (κ3) is 4.00. The van der Waals surface area contributed by atoms with Crippen molar-refractivity contribution in [3.63, 3.8) is 0 Å². The lowest BCUT2D eigenvalue weighted by atomic mass is 9.84. The number of furan rings is 2. The van der Waals surface area contributed by atoms with E-state index in [4.69, 9.17) is 13.6 Å². The van der Waals surface area contributed by atoms with Crippen LogP contribution in [0.2, 0.25) is 0 Å². The van der Waals surface area contributed by atoms with E-state index in [1.165, 1.54) is 6.42 Å². The Kier molecular flexibility index (Phi) is 4.97. The van der Waals surface area contributed by atoms with Crippen LogP contribution in [0, 0.1) is 18.8 Å². The van der Waals surface area contributed by atoms with Crippen LogP contribution in [0.1, 0.15) is 23.7 Å². The van der Waals surface area contributed by atoms with E-state index in [1.807, 2.05) is 25.1 Å². The van der Waals surface area contributed by atoms with Crippen molar-refractivity contribution in [1.82, 2.24) is 9.80 Å². The summed E-state index contributed by atoms with van der Waals surface area (Å²) in [6.07, 6.45) is 3.27. The lowest BCUT2D eigenvalue weighted by Gasteiger charge is -2.36. The molecule has 5 heteroatoms. The van der Waals surface area contributed by atoms with Crippen LogP contribution < -0.4 is 0 Å². The van der Waals surface area contributed by atoms with Gasteiger partial charge in [0.15, 0.2) is 0 Å². The summed E-state index contributed by atoms with van der Waals surface area (Å²) < 4.78 is 17.4. The van der Waals surface area contributed by atoms with Crippen molar-refractivity contribution < 1.29 is 13.6 Å². The summed E-state index contributed by atoms with van der Waals surface area (Å²) in [5, 5.41) is 0. The molecule has 2 aromatic rings. The summed E-state index contributed by atoms with van der Waals surface area (Å²) in [5.74, 6) is 4.39. The second-order valence-corrected chi connectivity index (χ2v) is 7.61. The molecule has 136 valence electrons. The SMILES string of the molecule is Cc1ccc(CN2CC[C@@H]3CO[C@@H](CN(C)Cc4ccco4)[C@@H]3C2)o1. The number of likely N-dealkylation sites (N-methyl/N-ethyl adjacent to an activating group) is 1. The lowest BCUT2D eigenvalue weighted by Crippen LogP contribution is -2.44. The maximum absolute atomic E-state index is 6.17. The van der Waals surface area contributed by atoms with E-state index in [2.05, 4.69) is 22.9 Å². The minimum atomic E-state index is 0.311. The first-order valence-corrected chi connectivity index (χ1v) is 9.27. The van der Waals surface area contributed by atoms with Gasteiger partial charge in [0.05, 0.1) is 32.1 Å². The summed E-state index contributed by atoms with van der Waals surface area (Å²) in [4.78, 5) is 4.83. The van der Waals surface area contributed by atoms with Crippen molar-refractivity contribution in [3.8, 4) is 0 Å².